The van der Waals surface area contributed by atoms with Gasteiger partial charge in [0.1, 0.15) is 0 Å². The topological polar surface area (TPSA) is 23.5 Å². The van der Waals surface area contributed by atoms with Gasteiger partial charge in [-0.15, -0.1) is 6.58 Å². The van der Waals surface area contributed by atoms with Gasteiger partial charge < -0.3 is 10.0 Å². The Morgan fingerprint density at radius 3 is 2.76 bits per heavy atom. The molecule has 0 aromatic heterocycles. The van der Waals surface area contributed by atoms with E-state index in [9.17, 15) is 5.11 Å². The van der Waals surface area contributed by atoms with Crippen LogP contribution in [0.15, 0.2) is 55.3 Å². The molecule has 1 aliphatic heterocycles. The fourth-order valence-corrected chi connectivity index (χ4v) is 2.43. The van der Waals surface area contributed by atoms with Crippen molar-refractivity contribution in [3.8, 4) is 0 Å². The van der Waals surface area contributed by atoms with E-state index in [0.717, 1.165) is 19.5 Å². The number of rotatable bonds is 4. The second-order valence-corrected chi connectivity index (χ2v) is 4.61. The first kappa shape index (κ1) is 11.9. The van der Waals surface area contributed by atoms with Crippen molar-refractivity contribution in [1.29, 1.82) is 0 Å². The number of allylic oxidation sites excluding steroid dienone is 1. The highest BCUT2D eigenvalue weighted by atomic mass is 16.3. The predicted molar refractivity (Wildman–Crippen MR) is 70.7 cm³/mol. The van der Waals surface area contributed by atoms with Gasteiger partial charge in [0.15, 0.2) is 0 Å². The third kappa shape index (κ3) is 2.42. The molecular weight excluding hydrogens is 210 g/mol. The molecule has 17 heavy (non-hydrogen) atoms. The fraction of sp³-hybridized carbons (Fsp3) is 0.333. The molecule has 0 amide bonds. The van der Waals surface area contributed by atoms with Gasteiger partial charge in [0.05, 0.1) is 6.61 Å². The summed E-state index contributed by atoms with van der Waals surface area (Å²) in [7, 11) is 0. The van der Waals surface area contributed by atoms with Crippen LogP contribution < -0.4 is 0 Å². The maximum atomic E-state index is 9.79. The molecule has 2 heteroatoms. The molecule has 1 unspecified atom stereocenters. The zero-order valence-electron chi connectivity index (χ0n) is 10.0. The highest BCUT2D eigenvalue weighted by Crippen LogP contribution is 2.32. The lowest BCUT2D eigenvalue weighted by Gasteiger charge is -2.39. The lowest BCUT2D eigenvalue weighted by molar-refractivity contribution is 0.151. The molecule has 0 fully saturated rings. The van der Waals surface area contributed by atoms with Crippen molar-refractivity contribution < 1.29 is 5.11 Å². The van der Waals surface area contributed by atoms with E-state index in [1.807, 2.05) is 24.3 Å². The van der Waals surface area contributed by atoms with E-state index >= 15 is 0 Å². The Kier molecular flexibility index (Phi) is 3.64. The molecule has 0 radical (unpaired) electrons. The van der Waals surface area contributed by atoms with Crippen molar-refractivity contribution in [2.24, 2.45) is 0 Å². The Hall–Kier alpha value is -1.54. The molecule has 1 aromatic rings. The highest BCUT2D eigenvalue weighted by Gasteiger charge is 2.33. The van der Waals surface area contributed by atoms with Crippen LogP contribution in [-0.2, 0) is 5.41 Å². The van der Waals surface area contributed by atoms with Gasteiger partial charge in [-0.25, -0.2) is 0 Å². The van der Waals surface area contributed by atoms with E-state index in [1.54, 1.807) is 0 Å². The molecule has 0 saturated heterocycles. The number of hydrogen-bond acceptors (Lipinski definition) is 2. The van der Waals surface area contributed by atoms with Crippen molar-refractivity contribution in [3.63, 3.8) is 0 Å². The van der Waals surface area contributed by atoms with Gasteiger partial charge in [0.2, 0.25) is 0 Å². The van der Waals surface area contributed by atoms with Gasteiger partial charge in [-0.3, -0.25) is 0 Å². The number of aliphatic hydroxyl groups excluding tert-OH is 1. The molecule has 1 aliphatic rings. The lowest BCUT2D eigenvalue weighted by Crippen LogP contribution is -2.43. The zero-order chi connectivity index (χ0) is 12.1. The third-order valence-electron chi connectivity index (χ3n) is 3.38. The van der Waals surface area contributed by atoms with Crippen molar-refractivity contribution in [3.05, 3.63) is 60.8 Å². The zero-order valence-corrected chi connectivity index (χ0v) is 10.0. The van der Waals surface area contributed by atoms with Crippen LogP contribution in [0.2, 0.25) is 0 Å². The maximum absolute atomic E-state index is 9.79. The van der Waals surface area contributed by atoms with Crippen molar-refractivity contribution in [2.45, 2.75) is 11.8 Å². The first-order chi connectivity index (χ1) is 8.30. The Morgan fingerprint density at radius 2 is 2.12 bits per heavy atom. The average molecular weight is 229 g/mol. The van der Waals surface area contributed by atoms with Crippen molar-refractivity contribution >= 4 is 0 Å². The molecule has 1 atom stereocenters. The molecule has 0 spiro atoms. The molecule has 0 saturated carbocycles. The Morgan fingerprint density at radius 1 is 1.35 bits per heavy atom. The minimum atomic E-state index is -0.168. The number of aliphatic hydroxyl groups is 1. The first-order valence-electron chi connectivity index (χ1n) is 5.99. The maximum Gasteiger partial charge on any atom is 0.0548 e. The highest BCUT2D eigenvalue weighted by molar-refractivity contribution is 5.29. The van der Waals surface area contributed by atoms with Gasteiger partial charge >= 0.3 is 0 Å². The van der Waals surface area contributed by atoms with Gasteiger partial charge in [-0.05, 0) is 18.2 Å². The van der Waals surface area contributed by atoms with E-state index in [1.165, 1.54) is 5.56 Å². The number of benzene rings is 1. The van der Waals surface area contributed by atoms with E-state index in [0.29, 0.717) is 0 Å². The summed E-state index contributed by atoms with van der Waals surface area (Å²) < 4.78 is 0. The predicted octanol–water partition coefficient (Wildman–Crippen LogP) is 2.32. The first-order valence-corrected chi connectivity index (χ1v) is 5.99. The molecule has 2 rings (SSSR count). The molecule has 90 valence electrons. The fourth-order valence-electron chi connectivity index (χ4n) is 2.43. The second-order valence-electron chi connectivity index (χ2n) is 4.61. The van der Waals surface area contributed by atoms with Gasteiger partial charge in [-0.2, -0.15) is 0 Å². The van der Waals surface area contributed by atoms with E-state index in [-0.39, 0.29) is 12.0 Å². The largest absolute Gasteiger partial charge is 0.395 e. The summed E-state index contributed by atoms with van der Waals surface area (Å²) in [6, 6.07) is 10.3. The Balaban J connectivity index is 2.27. The normalized spacial score (nSPS) is 23.7. The Bertz CT molecular complexity index is 399. The summed E-state index contributed by atoms with van der Waals surface area (Å²) in [5.41, 5.74) is 1.04. The molecular formula is C15H19NO. The van der Waals surface area contributed by atoms with Crippen LogP contribution in [0.3, 0.4) is 0 Å². The van der Waals surface area contributed by atoms with Crippen molar-refractivity contribution in [1.82, 2.24) is 4.90 Å². The van der Waals surface area contributed by atoms with Gasteiger partial charge in [-0.1, -0.05) is 42.5 Å². The number of hydrogen-bond donors (Lipinski definition) is 1. The molecule has 1 heterocycles. The van der Waals surface area contributed by atoms with Crippen LogP contribution in [0, 0.1) is 0 Å². The van der Waals surface area contributed by atoms with E-state index < -0.39 is 0 Å². The SMILES string of the molecule is C=CCN1C=CCC(CO)(c2ccccc2)C1. The van der Waals surface area contributed by atoms with Crippen LogP contribution in [0.4, 0.5) is 0 Å². The van der Waals surface area contributed by atoms with Gasteiger partial charge in [0.25, 0.3) is 0 Å². The summed E-state index contributed by atoms with van der Waals surface area (Å²) in [6.45, 7) is 5.61. The quantitative estimate of drug-likeness (QED) is 0.801. The minimum absolute atomic E-state index is 0.168. The summed E-state index contributed by atoms with van der Waals surface area (Å²) in [5.74, 6) is 0. The summed E-state index contributed by atoms with van der Waals surface area (Å²) >= 11 is 0. The monoisotopic (exact) mass is 229 g/mol. The Labute approximate surface area is 103 Å². The van der Waals surface area contributed by atoms with Crippen LogP contribution in [0.25, 0.3) is 0 Å². The standard InChI is InChI=1S/C15H19NO/c1-2-10-16-11-6-9-15(12-16,13-17)14-7-4-3-5-8-14/h2-8,11,17H,1,9-10,12-13H2. The van der Waals surface area contributed by atoms with Crippen LogP contribution in [-0.4, -0.2) is 29.7 Å². The summed E-state index contributed by atoms with van der Waals surface area (Å²) in [6.07, 6.45) is 7.01. The number of nitrogens with zero attached hydrogens (tertiary/aromatic N) is 1. The molecule has 1 aromatic carbocycles. The van der Waals surface area contributed by atoms with Crippen molar-refractivity contribution in [2.75, 3.05) is 19.7 Å². The molecule has 1 N–H and O–H groups in total. The van der Waals surface area contributed by atoms with Crippen LogP contribution in [0.1, 0.15) is 12.0 Å². The van der Waals surface area contributed by atoms with E-state index in [4.69, 9.17) is 0 Å². The van der Waals surface area contributed by atoms with Crippen LogP contribution >= 0.6 is 0 Å². The lowest BCUT2D eigenvalue weighted by atomic mass is 9.76. The van der Waals surface area contributed by atoms with Gasteiger partial charge in [0, 0.05) is 18.5 Å². The molecule has 0 aliphatic carbocycles. The van der Waals surface area contributed by atoms with Crippen LogP contribution in [0.5, 0.6) is 0 Å². The minimum Gasteiger partial charge on any atom is -0.395 e. The third-order valence-corrected chi connectivity index (χ3v) is 3.38. The summed E-state index contributed by atoms with van der Waals surface area (Å²) in [5, 5.41) is 9.79. The molecule has 0 bridgehead atoms. The molecule has 2 nitrogen and oxygen atoms in total. The second kappa shape index (κ2) is 5.19. The smallest absolute Gasteiger partial charge is 0.0548 e. The summed E-state index contributed by atoms with van der Waals surface area (Å²) in [4.78, 5) is 2.19. The van der Waals surface area contributed by atoms with E-state index in [2.05, 4.69) is 35.9 Å². The average Bonchev–Trinajstić information content (AvgIpc) is 2.40.